The van der Waals surface area contributed by atoms with Crippen LogP contribution < -0.4 is 0 Å². The number of ketones is 1. The van der Waals surface area contributed by atoms with Crippen LogP contribution in [0.4, 0.5) is 0 Å². The molecule has 0 spiro atoms. The molecule has 6 N–H and O–H groups in total. The van der Waals surface area contributed by atoms with Crippen molar-refractivity contribution in [3.8, 4) is 0 Å². The second-order valence-electron chi connectivity index (χ2n) is 9.23. The van der Waals surface area contributed by atoms with Crippen LogP contribution in [0.1, 0.15) is 116 Å². The summed E-state index contributed by atoms with van der Waals surface area (Å²) < 4.78 is 0. The second kappa shape index (κ2) is 25.8. The Kier molecular flexibility index (Phi) is 26.4. The van der Waals surface area contributed by atoms with E-state index in [1.807, 2.05) is 0 Å². The average Bonchev–Trinajstić information content (AvgIpc) is 2.84. The Bertz CT molecular complexity index is 511. The van der Waals surface area contributed by atoms with Gasteiger partial charge in [-0.05, 0) is 6.42 Å². The van der Waals surface area contributed by atoms with Crippen molar-refractivity contribution in [2.45, 2.75) is 140 Å². The molecule has 208 valence electrons. The summed E-state index contributed by atoms with van der Waals surface area (Å²) in [6.07, 6.45) is 14.3. The van der Waals surface area contributed by atoms with Gasteiger partial charge in [0.25, 0.3) is 0 Å². The van der Waals surface area contributed by atoms with Gasteiger partial charge in [-0.2, -0.15) is 0 Å². The van der Waals surface area contributed by atoms with Crippen LogP contribution in [0.3, 0.4) is 0 Å². The van der Waals surface area contributed by atoms with Gasteiger partial charge in [0.2, 0.25) is 0 Å². The largest absolute Gasteiger partial charge is 0.481 e. The lowest BCUT2D eigenvalue weighted by atomic mass is 9.99. The molecule has 0 aromatic heterocycles. The van der Waals surface area contributed by atoms with Gasteiger partial charge in [-0.15, -0.1) is 6.58 Å². The zero-order chi connectivity index (χ0) is 26.9. The monoisotopic (exact) mass is 504 g/mol. The van der Waals surface area contributed by atoms with Crippen molar-refractivity contribution in [3.05, 3.63) is 12.7 Å². The number of aliphatic carboxylic acids is 1. The highest BCUT2D eigenvalue weighted by molar-refractivity contribution is 5.84. The zero-order valence-corrected chi connectivity index (χ0v) is 21.8. The van der Waals surface area contributed by atoms with Gasteiger partial charge in [0.15, 0.2) is 5.78 Å². The molecule has 0 amide bonds. The van der Waals surface area contributed by atoms with E-state index in [4.69, 9.17) is 15.3 Å². The Hall–Kier alpha value is -1.32. The quantitative estimate of drug-likeness (QED) is 0.0904. The van der Waals surface area contributed by atoms with E-state index in [1.54, 1.807) is 0 Å². The minimum absolute atomic E-state index is 0.153. The Labute approximate surface area is 212 Å². The molecular weight excluding hydrogens is 452 g/mol. The maximum Gasteiger partial charge on any atom is 0.303 e. The molecule has 0 fully saturated rings. The van der Waals surface area contributed by atoms with Crippen LogP contribution in [0.25, 0.3) is 0 Å². The molecule has 0 aliphatic heterocycles. The lowest BCUT2D eigenvalue weighted by Gasteiger charge is -2.24. The Morgan fingerprint density at radius 2 is 1.11 bits per heavy atom. The minimum Gasteiger partial charge on any atom is -0.481 e. The number of rotatable bonds is 23. The van der Waals surface area contributed by atoms with Gasteiger partial charge in [-0.25, -0.2) is 0 Å². The molecule has 4 unspecified atom stereocenters. The van der Waals surface area contributed by atoms with E-state index < -0.39 is 42.8 Å². The highest BCUT2D eigenvalue weighted by Crippen LogP contribution is 2.13. The van der Waals surface area contributed by atoms with Gasteiger partial charge in [0.1, 0.15) is 24.4 Å². The maximum atomic E-state index is 11.1. The molecule has 0 heterocycles. The van der Waals surface area contributed by atoms with Crippen molar-refractivity contribution in [1.82, 2.24) is 0 Å². The number of hydrogen-bond donors (Lipinski definition) is 6. The summed E-state index contributed by atoms with van der Waals surface area (Å²) in [5, 5.41) is 53.6. The SMILES string of the molecule is C=CCC(=O)C(O)C(O)C(O)C(O)CO.CCCCCCCCCCCCCCCCCC(=O)O. The lowest BCUT2D eigenvalue weighted by molar-refractivity contribution is -0.146. The summed E-state index contributed by atoms with van der Waals surface area (Å²) in [5.41, 5.74) is 0. The third-order valence-corrected chi connectivity index (χ3v) is 5.92. The van der Waals surface area contributed by atoms with Crippen molar-refractivity contribution >= 4 is 11.8 Å². The van der Waals surface area contributed by atoms with Crippen LogP contribution in [0.15, 0.2) is 12.7 Å². The highest BCUT2D eigenvalue weighted by Gasteiger charge is 2.33. The molecule has 0 radical (unpaired) electrons. The molecule has 4 atom stereocenters. The summed E-state index contributed by atoms with van der Waals surface area (Å²) in [7, 11) is 0. The highest BCUT2D eigenvalue weighted by atomic mass is 16.4. The number of carbonyl (C=O) groups excluding carboxylic acids is 1. The number of allylic oxidation sites excluding steroid dienone is 1. The minimum atomic E-state index is -1.83. The predicted octanol–water partition coefficient (Wildman–Crippen LogP) is 3.90. The predicted molar refractivity (Wildman–Crippen MR) is 138 cm³/mol. The molecule has 0 aliphatic carbocycles. The number of carbonyl (C=O) groups is 2. The van der Waals surface area contributed by atoms with Crippen LogP contribution in [-0.2, 0) is 9.59 Å². The van der Waals surface area contributed by atoms with Crippen molar-refractivity contribution in [2.75, 3.05) is 6.61 Å². The van der Waals surface area contributed by atoms with Gasteiger partial charge < -0.3 is 30.6 Å². The number of Topliss-reactive ketones (excluding diaryl/α,β-unsaturated/α-hetero) is 1. The molecule has 0 bridgehead atoms. The van der Waals surface area contributed by atoms with Crippen molar-refractivity contribution < 1.29 is 40.2 Å². The molecular formula is C27H52O8. The molecule has 35 heavy (non-hydrogen) atoms. The van der Waals surface area contributed by atoms with Gasteiger partial charge in [0.05, 0.1) is 6.61 Å². The van der Waals surface area contributed by atoms with Crippen LogP contribution in [0.5, 0.6) is 0 Å². The van der Waals surface area contributed by atoms with Crippen LogP contribution in [-0.4, -0.2) is 73.4 Å². The topological polar surface area (TPSA) is 156 Å². The number of unbranched alkanes of at least 4 members (excludes halogenated alkanes) is 14. The van der Waals surface area contributed by atoms with Crippen LogP contribution in [0.2, 0.25) is 0 Å². The van der Waals surface area contributed by atoms with Gasteiger partial charge >= 0.3 is 5.97 Å². The first-order chi connectivity index (χ1) is 16.7. The number of hydrogen-bond acceptors (Lipinski definition) is 7. The molecule has 8 nitrogen and oxygen atoms in total. The zero-order valence-electron chi connectivity index (χ0n) is 21.8. The summed E-state index contributed by atoms with van der Waals surface area (Å²) in [6, 6.07) is 0. The fourth-order valence-corrected chi connectivity index (χ4v) is 3.62. The van der Waals surface area contributed by atoms with E-state index in [0.717, 1.165) is 12.8 Å². The van der Waals surface area contributed by atoms with E-state index in [2.05, 4.69) is 13.5 Å². The maximum absolute atomic E-state index is 11.1. The van der Waals surface area contributed by atoms with Crippen molar-refractivity contribution in [2.24, 2.45) is 0 Å². The molecule has 0 aromatic carbocycles. The Morgan fingerprint density at radius 1 is 0.714 bits per heavy atom. The number of carboxylic acid groups (broad SMARTS) is 1. The summed E-state index contributed by atoms with van der Waals surface area (Å²) in [6.45, 7) is 4.77. The smallest absolute Gasteiger partial charge is 0.303 e. The molecule has 0 rings (SSSR count). The fourth-order valence-electron chi connectivity index (χ4n) is 3.62. The molecule has 0 aromatic rings. The van der Waals surface area contributed by atoms with E-state index in [-0.39, 0.29) is 6.42 Å². The normalized spacial score (nSPS) is 14.3. The second-order valence-corrected chi connectivity index (χ2v) is 9.23. The average molecular weight is 505 g/mol. The van der Waals surface area contributed by atoms with Crippen LogP contribution >= 0.6 is 0 Å². The standard InChI is InChI=1S/C18H36O2.C9H16O6/c1-2-3-4-5-6-7-8-9-10-11-12-13-14-15-16-17-18(19)20;1-2-3-5(11)7(13)9(15)8(14)6(12)4-10/h2-17H2,1H3,(H,19,20);2,6-10,12-15H,1,3-4H2. The van der Waals surface area contributed by atoms with Crippen LogP contribution in [0, 0.1) is 0 Å². The number of carboxylic acids is 1. The third kappa shape index (κ3) is 22.9. The third-order valence-electron chi connectivity index (χ3n) is 5.92. The Morgan fingerprint density at radius 3 is 1.46 bits per heavy atom. The summed E-state index contributed by atoms with van der Waals surface area (Å²) >= 11 is 0. The Balaban J connectivity index is 0. The van der Waals surface area contributed by atoms with Gasteiger partial charge in [0, 0.05) is 12.8 Å². The van der Waals surface area contributed by atoms with E-state index >= 15 is 0 Å². The van der Waals surface area contributed by atoms with Gasteiger partial charge in [-0.1, -0.05) is 103 Å². The van der Waals surface area contributed by atoms with Gasteiger partial charge in [-0.3, -0.25) is 9.59 Å². The summed E-state index contributed by atoms with van der Waals surface area (Å²) in [5.74, 6) is -1.37. The van der Waals surface area contributed by atoms with Crippen molar-refractivity contribution in [3.63, 3.8) is 0 Å². The first kappa shape index (κ1) is 35.8. The molecule has 0 saturated heterocycles. The van der Waals surface area contributed by atoms with E-state index in [1.165, 1.54) is 89.5 Å². The first-order valence-corrected chi connectivity index (χ1v) is 13.4. The lowest BCUT2D eigenvalue weighted by Crippen LogP contribution is -2.48. The molecule has 0 aliphatic rings. The number of aliphatic hydroxyl groups is 5. The van der Waals surface area contributed by atoms with E-state index in [9.17, 15) is 24.9 Å². The summed E-state index contributed by atoms with van der Waals surface area (Å²) in [4.78, 5) is 21.4. The molecule has 8 heteroatoms. The molecule has 0 saturated carbocycles. The fraction of sp³-hybridized carbons (Fsp3) is 0.852. The number of aliphatic hydroxyl groups excluding tert-OH is 5. The van der Waals surface area contributed by atoms with Crippen molar-refractivity contribution in [1.29, 1.82) is 0 Å². The van der Waals surface area contributed by atoms with E-state index in [0.29, 0.717) is 6.42 Å². The first-order valence-electron chi connectivity index (χ1n) is 13.4.